The van der Waals surface area contributed by atoms with Crippen LogP contribution in [-0.4, -0.2) is 91.6 Å². The lowest BCUT2D eigenvalue weighted by Crippen LogP contribution is -2.50. The molecule has 0 radical (unpaired) electrons. The van der Waals surface area contributed by atoms with E-state index in [2.05, 4.69) is 10.2 Å². The molecule has 9 nitrogen and oxygen atoms in total. The van der Waals surface area contributed by atoms with Gasteiger partial charge in [-0.05, 0) is 25.2 Å². The van der Waals surface area contributed by atoms with Crippen molar-refractivity contribution in [3.63, 3.8) is 0 Å². The predicted molar refractivity (Wildman–Crippen MR) is 107 cm³/mol. The fraction of sp³-hybridized carbons (Fsp3) is 0.524. The number of ether oxygens (including phenoxy) is 3. The molecular weight excluding hydrogens is 390 g/mol. The predicted octanol–water partition coefficient (Wildman–Crippen LogP) is -0.00630. The molecule has 0 saturated carbocycles. The number of fused-ring (bicyclic) bond motifs is 1. The van der Waals surface area contributed by atoms with Crippen molar-refractivity contribution in [3.05, 3.63) is 35.9 Å². The van der Waals surface area contributed by atoms with Gasteiger partial charge < -0.3 is 34.4 Å². The zero-order valence-electron chi connectivity index (χ0n) is 17.0. The van der Waals surface area contributed by atoms with E-state index in [4.69, 9.17) is 14.2 Å². The first-order chi connectivity index (χ1) is 14.5. The minimum absolute atomic E-state index is 0.0392. The number of nitrogens with one attached hydrogen (secondary N) is 1. The average molecular weight is 417 g/mol. The summed E-state index contributed by atoms with van der Waals surface area (Å²) in [5, 5.41) is 12.6. The van der Waals surface area contributed by atoms with Gasteiger partial charge in [-0.25, -0.2) is 0 Å². The number of aliphatic hydroxyl groups excluding tert-OH is 1. The number of carbonyl (C=O) groups is 2. The Kier molecular flexibility index (Phi) is 6.21. The minimum atomic E-state index is -0.627. The van der Waals surface area contributed by atoms with Crippen molar-refractivity contribution in [1.29, 1.82) is 0 Å². The fourth-order valence-corrected chi connectivity index (χ4v) is 3.77. The van der Waals surface area contributed by atoms with Gasteiger partial charge in [0.2, 0.25) is 12.7 Å². The zero-order chi connectivity index (χ0) is 21.1. The third-order valence-electron chi connectivity index (χ3n) is 5.63. The van der Waals surface area contributed by atoms with Gasteiger partial charge in [-0.3, -0.25) is 9.59 Å². The van der Waals surface area contributed by atoms with E-state index >= 15 is 0 Å². The lowest BCUT2D eigenvalue weighted by Gasteiger charge is -2.35. The molecular formula is C21H27N3O6. The van der Waals surface area contributed by atoms with E-state index in [-0.39, 0.29) is 31.6 Å². The van der Waals surface area contributed by atoms with Crippen LogP contribution in [0.5, 0.6) is 11.5 Å². The summed E-state index contributed by atoms with van der Waals surface area (Å²) in [6.45, 7) is 3.02. The molecule has 2 amide bonds. The molecule has 1 fully saturated rings. The summed E-state index contributed by atoms with van der Waals surface area (Å²) in [4.78, 5) is 29.2. The monoisotopic (exact) mass is 417 g/mol. The fourth-order valence-electron chi connectivity index (χ4n) is 3.77. The Hall–Kier alpha value is -2.62. The maximum atomic E-state index is 12.6. The van der Waals surface area contributed by atoms with Crippen LogP contribution in [0, 0.1) is 0 Å². The van der Waals surface area contributed by atoms with E-state index < -0.39 is 18.2 Å². The number of aliphatic hydroxyl groups is 1. The molecule has 1 saturated heterocycles. The highest BCUT2D eigenvalue weighted by Crippen LogP contribution is 2.32. The Balaban J connectivity index is 1.34. The van der Waals surface area contributed by atoms with E-state index in [0.717, 1.165) is 13.1 Å². The van der Waals surface area contributed by atoms with Crippen molar-refractivity contribution in [2.24, 2.45) is 0 Å². The maximum Gasteiger partial charge on any atom is 0.251 e. The molecule has 0 unspecified atom stereocenters. The molecule has 4 rings (SSSR count). The van der Waals surface area contributed by atoms with Gasteiger partial charge in [-0.1, -0.05) is 12.2 Å². The second kappa shape index (κ2) is 9.03. The summed E-state index contributed by atoms with van der Waals surface area (Å²) < 4.78 is 16.5. The molecule has 162 valence electrons. The van der Waals surface area contributed by atoms with Crippen LogP contribution in [0.2, 0.25) is 0 Å². The average Bonchev–Trinajstić information content (AvgIpc) is 3.23. The molecule has 0 spiro atoms. The van der Waals surface area contributed by atoms with Gasteiger partial charge in [0.15, 0.2) is 11.5 Å². The summed E-state index contributed by atoms with van der Waals surface area (Å²) >= 11 is 0. The number of nitrogens with zero attached hydrogens (tertiary/aromatic N) is 2. The second-order valence-corrected chi connectivity index (χ2v) is 7.74. The maximum absolute atomic E-state index is 12.6. The lowest BCUT2D eigenvalue weighted by atomic mass is 10.0. The van der Waals surface area contributed by atoms with Crippen LogP contribution >= 0.6 is 0 Å². The first-order valence-electron chi connectivity index (χ1n) is 10.1. The number of likely N-dealkylation sites (N-methyl/N-ethyl adjacent to an activating group) is 1. The highest BCUT2D eigenvalue weighted by molar-refractivity contribution is 5.95. The second-order valence-electron chi connectivity index (χ2n) is 7.74. The molecule has 1 aromatic carbocycles. The number of carbonyl (C=O) groups excluding carboxylic acids is 2. The number of rotatable bonds is 5. The summed E-state index contributed by atoms with van der Waals surface area (Å²) in [5.74, 6) is 0.863. The van der Waals surface area contributed by atoms with Crippen molar-refractivity contribution in [3.8, 4) is 11.5 Å². The highest BCUT2D eigenvalue weighted by atomic mass is 16.7. The van der Waals surface area contributed by atoms with Crippen LogP contribution in [0.1, 0.15) is 16.8 Å². The van der Waals surface area contributed by atoms with E-state index in [1.807, 2.05) is 11.9 Å². The quantitative estimate of drug-likeness (QED) is 0.650. The molecule has 3 atom stereocenters. The zero-order valence-corrected chi connectivity index (χ0v) is 17.0. The largest absolute Gasteiger partial charge is 0.454 e. The SMILES string of the molecule is CN1CCN(C(=O)C[C@H]2C=C[C@H](NC(=O)c3ccc4c(c3)OCO4)[C@H](CO)O2)CC1. The summed E-state index contributed by atoms with van der Waals surface area (Å²) in [6, 6.07) is 4.47. The van der Waals surface area contributed by atoms with Crippen molar-refractivity contribution in [2.45, 2.75) is 24.7 Å². The Morgan fingerprint density at radius 3 is 2.67 bits per heavy atom. The molecule has 30 heavy (non-hydrogen) atoms. The van der Waals surface area contributed by atoms with Crippen molar-refractivity contribution >= 4 is 11.8 Å². The van der Waals surface area contributed by atoms with Crippen molar-refractivity contribution in [1.82, 2.24) is 15.1 Å². The van der Waals surface area contributed by atoms with Gasteiger partial charge in [0, 0.05) is 31.7 Å². The number of hydrogen-bond donors (Lipinski definition) is 2. The van der Waals surface area contributed by atoms with E-state index in [0.29, 0.717) is 30.2 Å². The molecule has 9 heteroatoms. The first kappa shape index (κ1) is 20.6. The Bertz CT molecular complexity index is 821. The van der Waals surface area contributed by atoms with Gasteiger partial charge in [0.1, 0.15) is 6.10 Å². The van der Waals surface area contributed by atoms with Gasteiger partial charge >= 0.3 is 0 Å². The van der Waals surface area contributed by atoms with Gasteiger partial charge in [0.05, 0.1) is 25.2 Å². The first-order valence-corrected chi connectivity index (χ1v) is 10.1. The molecule has 3 aliphatic rings. The number of benzene rings is 1. The molecule has 3 aliphatic heterocycles. The van der Waals surface area contributed by atoms with Gasteiger partial charge in [-0.2, -0.15) is 0 Å². The van der Waals surface area contributed by atoms with Crippen LogP contribution in [0.4, 0.5) is 0 Å². The smallest absolute Gasteiger partial charge is 0.251 e. The van der Waals surface area contributed by atoms with Crippen LogP contribution in [0.15, 0.2) is 30.4 Å². The summed E-state index contributed by atoms with van der Waals surface area (Å²) in [5.41, 5.74) is 0.428. The molecule has 1 aromatic rings. The number of amides is 2. The van der Waals surface area contributed by atoms with Crippen molar-refractivity contribution < 1.29 is 28.9 Å². The number of hydrogen-bond acceptors (Lipinski definition) is 7. The van der Waals surface area contributed by atoms with Crippen LogP contribution in [0.25, 0.3) is 0 Å². The third-order valence-corrected chi connectivity index (χ3v) is 5.63. The normalized spacial score (nSPS) is 25.9. The highest BCUT2D eigenvalue weighted by Gasteiger charge is 2.31. The van der Waals surface area contributed by atoms with Crippen LogP contribution < -0.4 is 14.8 Å². The molecule has 0 aromatic heterocycles. The minimum Gasteiger partial charge on any atom is -0.454 e. The molecule has 0 bridgehead atoms. The Morgan fingerprint density at radius 2 is 1.90 bits per heavy atom. The molecule has 3 heterocycles. The third kappa shape index (κ3) is 4.58. The standard InChI is InChI=1S/C21H27N3O6/c1-23-6-8-24(9-7-23)20(26)11-15-3-4-16(19(12-25)30-15)22-21(27)14-2-5-17-18(10-14)29-13-28-17/h2-5,10,15-16,19,25H,6-9,11-13H2,1H3,(H,22,27)/t15-,16+,19+/m1/s1. The van der Waals surface area contributed by atoms with Gasteiger partial charge in [0.25, 0.3) is 5.91 Å². The Labute approximate surface area is 175 Å². The Morgan fingerprint density at radius 1 is 1.13 bits per heavy atom. The number of piperazine rings is 1. The lowest BCUT2D eigenvalue weighted by molar-refractivity contribution is -0.137. The van der Waals surface area contributed by atoms with E-state index in [9.17, 15) is 14.7 Å². The molecule has 0 aliphatic carbocycles. The van der Waals surface area contributed by atoms with Crippen LogP contribution in [0.3, 0.4) is 0 Å². The van der Waals surface area contributed by atoms with Crippen LogP contribution in [-0.2, 0) is 9.53 Å². The van der Waals surface area contributed by atoms with Crippen molar-refractivity contribution in [2.75, 3.05) is 46.6 Å². The van der Waals surface area contributed by atoms with Gasteiger partial charge in [-0.15, -0.1) is 0 Å². The van der Waals surface area contributed by atoms with E-state index in [1.165, 1.54) is 0 Å². The summed E-state index contributed by atoms with van der Waals surface area (Å²) in [7, 11) is 2.04. The molecule has 2 N–H and O–H groups in total. The topological polar surface area (TPSA) is 101 Å². The van der Waals surface area contributed by atoms with E-state index in [1.54, 1.807) is 30.4 Å². The summed E-state index contributed by atoms with van der Waals surface area (Å²) in [6.07, 6.45) is 2.74.